The molecule has 110 valence electrons. The second kappa shape index (κ2) is 7.25. The van der Waals surface area contributed by atoms with Crippen molar-refractivity contribution in [3.8, 4) is 0 Å². The van der Waals surface area contributed by atoms with E-state index < -0.39 is 0 Å². The van der Waals surface area contributed by atoms with Crippen LogP contribution < -0.4 is 5.73 Å². The minimum absolute atomic E-state index is 0.215. The highest BCUT2D eigenvalue weighted by molar-refractivity contribution is 5.78. The maximum absolute atomic E-state index is 12.5. The first kappa shape index (κ1) is 14.8. The average Bonchev–Trinajstić information content (AvgIpc) is 2.47. The number of carbonyl (C=O) groups is 1. The first-order valence-corrected chi connectivity index (χ1v) is 7.73. The Kier molecular flexibility index (Phi) is 5.64. The van der Waals surface area contributed by atoms with E-state index in [1.165, 1.54) is 6.42 Å². The van der Waals surface area contributed by atoms with Crippen molar-refractivity contribution >= 4 is 5.91 Å². The molecule has 1 saturated carbocycles. The maximum Gasteiger partial charge on any atom is 0.225 e. The smallest absolute Gasteiger partial charge is 0.225 e. The van der Waals surface area contributed by atoms with Crippen LogP contribution in [0.2, 0.25) is 0 Å². The molecule has 2 rings (SSSR count). The molecule has 0 spiro atoms. The molecule has 2 N–H and O–H groups in total. The SMILES string of the molecule is CN(CC1CCOCC1)C(=O)C1CCCC(CN)C1. The molecule has 2 unspecified atom stereocenters. The fourth-order valence-corrected chi connectivity index (χ4v) is 3.45. The topological polar surface area (TPSA) is 55.6 Å². The van der Waals surface area contributed by atoms with Gasteiger partial charge in [-0.25, -0.2) is 0 Å². The van der Waals surface area contributed by atoms with Gasteiger partial charge >= 0.3 is 0 Å². The molecule has 1 aliphatic heterocycles. The first-order valence-electron chi connectivity index (χ1n) is 7.73. The molecule has 1 amide bonds. The highest BCUT2D eigenvalue weighted by atomic mass is 16.5. The van der Waals surface area contributed by atoms with Gasteiger partial charge in [0.15, 0.2) is 0 Å². The van der Waals surface area contributed by atoms with E-state index in [9.17, 15) is 4.79 Å². The minimum Gasteiger partial charge on any atom is -0.381 e. The fraction of sp³-hybridized carbons (Fsp3) is 0.933. The van der Waals surface area contributed by atoms with Crippen molar-refractivity contribution in [1.29, 1.82) is 0 Å². The van der Waals surface area contributed by atoms with E-state index in [1.807, 2.05) is 11.9 Å². The van der Waals surface area contributed by atoms with Crippen molar-refractivity contribution in [2.45, 2.75) is 38.5 Å². The van der Waals surface area contributed by atoms with Gasteiger partial charge in [-0.15, -0.1) is 0 Å². The zero-order chi connectivity index (χ0) is 13.7. The van der Waals surface area contributed by atoms with E-state index in [4.69, 9.17) is 10.5 Å². The van der Waals surface area contributed by atoms with Crippen LogP contribution in [0.1, 0.15) is 38.5 Å². The maximum atomic E-state index is 12.5. The number of carbonyl (C=O) groups excluding carboxylic acids is 1. The Morgan fingerprint density at radius 1 is 1.21 bits per heavy atom. The molecular formula is C15H28N2O2. The van der Waals surface area contributed by atoms with Crippen molar-refractivity contribution in [1.82, 2.24) is 4.90 Å². The molecule has 4 nitrogen and oxygen atoms in total. The molecule has 0 aromatic carbocycles. The molecule has 0 bridgehead atoms. The average molecular weight is 268 g/mol. The van der Waals surface area contributed by atoms with Gasteiger partial charge in [0.1, 0.15) is 0 Å². The Morgan fingerprint density at radius 3 is 2.63 bits per heavy atom. The summed E-state index contributed by atoms with van der Waals surface area (Å²) in [6.45, 7) is 3.33. The summed E-state index contributed by atoms with van der Waals surface area (Å²) in [6.07, 6.45) is 6.58. The quantitative estimate of drug-likeness (QED) is 0.843. The summed E-state index contributed by atoms with van der Waals surface area (Å²) in [5, 5.41) is 0. The molecule has 4 heteroatoms. The van der Waals surface area contributed by atoms with Gasteiger partial charge in [-0.05, 0) is 50.5 Å². The lowest BCUT2D eigenvalue weighted by atomic mass is 9.80. The van der Waals surface area contributed by atoms with Crippen molar-refractivity contribution in [3.05, 3.63) is 0 Å². The van der Waals surface area contributed by atoms with Gasteiger partial charge in [-0.3, -0.25) is 4.79 Å². The number of hydrogen-bond acceptors (Lipinski definition) is 3. The number of amides is 1. The third-order valence-electron chi connectivity index (χ3n) is 4.71. The summed E-state index contributed by atoms with van der Waals surface area (Å²) >= 11 is 0. The van der Waals surface area contributed by atoms with Crippen molar-refractivity contribution in [2.24, 2.45) is 23.5 Å². The second-order valence-electron chi connectivity index (χ2n) is 6.24. The minimum atomic E-state index is 0.215. The lowest BCUT2D eigenvalue weighted by molar-refractivity contribution is -0.136. The van der Waals surface area contributed by atoms with Gasteiger partial charge in [0.05, 0.1) is 0 Å². The van der Waals surface area contributed by atoms with Crippen LogP contribution in [-0.4, -0.2) is 44.2 Å². The van der Waals surface area contributed by atoms with Crippen LogP contribution in [0.5, 0.6) is 0 Å². The standard InChI is InChI=1S/C15H28N2O2/c1-17(11-12-5-7-19-8-6-12)15(18)14-4-2-3-13(9-14)10-16/h12-14H,2-11,16H2,1H3. The van der Waals surface area contributed by atoms with Crippen LogP contribution in [-0.2, 0) is 9.53 Å². The van der Waals surface area contributed by atoms with Gasteiger partial charge < -0.3 is 15.4 Å². The van der Waals surface area contributed by atoms with Gasteiger partial charge in [0, 0.05) is 32.7 Å². The summed E-state index contributed by atoms with van der Waals surface area (Å²) in [4.78, 5) is 14.4. The normalized spacial score (nSPS) is 29.2. The predicted octanol–water partition coefficient (Wildman–Crippen LogP) is 1.64. The van der Waals surface area contributed by atoms with Gasteiger partial charge in [-0.1, -0.05) is 6.42 Å². The lowest BCUT2D eigenvalue weighted by Crippen LogP contribution is -2.40. The van der Waals surface area contributed by atoms with Crippen molar-refractivity contribution < 1.29 is 9.53 Å². The van der Waals surface area contributed by atoms with Gasteiger partial charge in [0.25, 0.3) is 0 Å². The molecule has 2 aliphatic rings. The molecule has 2 fully saturated rings. The van der Waals surface area contributed by atoms with E-state index in [2.05, 4.69) is 0 Å². The Morgan fingerprint density at radius 2 is 1.95 bits per heavy atom. The Labute approximate surface area is 116 Å². The van der Waals surface area contributed by atoms with E-state index in [1.54, 1.807) is 0 Å². The van der Waals surface area contributed by atoms with Crippen LogP contribution in [0, 0.1) is 17.8 Å². The molecule has 0 aromatic rings. The highest BCUT2D eigenvalue weighted by Crippen LogP contribution is 2.30. The van der Waals surface area contributed by atoms with E-state index in [-0.39, 0.29) is 5.92 Å². The first-order chi connectivity index (χ1) is 9.20. The third kappa shape index (κ3) is 4.18. The third-order valence-corrected chi connectivity index (χ3v) is 4.71. The van der Waals surface area contributed by atoms with Crippen LogP contribution in [0.4, 0.5) is 0 Å². The number of ether oxygens (including phenoxy) is 1. The second-order valence-corrected chi connectivity index (χ2v) is 6.24. The van der Waals surface area contributed by atoms with Crippen LogP contribution in [0.3, 0.4) is 0 Å². The van der Waals surface area contributed by atoms with E-state index >= 15 is 0 Å². The predicted molar refractivity (Wildman–Crippen MR) is 75.7 cm³/mol. The Balaban J connectivity index is 1.80. The van der Waals surface area contributed by atoms with Crippen LogP contribution in [0.15, 0.2) is 0 Å². The summed E-state index contributed by atoms with van der Waals surface area (Å²) in [6, 6.07) is 0. The van der Waals surface area contributed by atoms with Crippen LogP contribution in [0.25, 0.3) is 0 Å². The summed E-state index contributed by atoms with van der Waals surface area (Å²) < 4.78 is 5.37. The van der Waals surface area contributed by atoms with Crippen molar-refractivity contribution in [2.75, 3.05) is 33.4 Å². The summed E-state index contributed by atoms with van der Waals surface area (Å²) in [5.74, 6) is 1.73. The summed E-state index contributed by atoms with van der Waals surface area (Å²) in [5.41, 5.74) is 5.75. The molecule has 0 aromatic heterocycles. The number of rotatable bonds is 4. The van der Waals surface area contributed by atoms with E-state index in [0.717, 1.165) is 58.4 Å². The Bertz CT molecular complexity index is 290. The van der Waals surface area contributed by atoms with Gasteiger partial charge in [0.2, 0.25) is 5.91 Å². The van der Waals surface area contributed by atoms with E-state index in [0.29, 0.717) is 17.7 Å². The zero-order valence-corrected chi connectivity index (χ0v) is 12.1. The molecule has 0 radical (unpaired) electrons. The van der Waals surface area contributed by atoms with Gasteiger partial charge in [-0.2, -0.15) is 0 Å². The number of nitrogens with zero attached hydrogens (tertiary/aromatic N) is 1. The fourth-order valence-electron chi connectivity index (χ4n) is 3.45. The Hall–Kier alpha value is -0.610. The number of hydrogen-bond donors (Lipinski definition) is 1. The molecule has 1 aliphatic carbocycles. The molecule has 1 heterocycles. The largest absolute Gasteiger partial charge is 0.381 e. The monoisotopic (exact) mass is 268 g/mol. The zero-order valence-electron chi connectivity index (χ0n) is 12.1. The highest BCUT2D eigenvalue weighted by Gasteiger charge is 2.29. The molecular weight excluding hydrogens is 240 g/mol. The molecule has 19 heavy (non-hydrogen) atoms. The van der Waals surface area contributed by atoms with Crippen molar-refractivity contribution in [3.63, 3.8) is 0 Å². The number of nitrogens with two attached hydrogens (primary N) is 1. The summed E-state index contributed by atoms with van der Waals surface area (Å²) in [7, 11) is 1.96. The van der Waals surface area contributed by atoms with Crippen LogP contribution >= 0.6 is 0 Å². The lowest BCUT2D eigenvalue weighted by Gasteiger charge is -2.33. The molecule has 2 atom stereocenters. The molecule has 1 saturated heterocycles.